The molecule has 0 saturated heterocycles. The maximum atomic E-state index is 12.3. The van der Waals surface area contributed by atoms with Gasteiger partial charge in [-0.3, -0.25) is 0 Å². The van der Waals surface area contributed by atoms with E-state index in [9.17, 15) is 9.90 Å². The molecule has 4 rings (SSSR count). The highest BCUT2D eigenvalue weighted by molar-refractivity contribution is 5.88. The number of benzene rings is 1. The van der Waals surface area contributed by atoms with Gasteiger partial charge in [0.25, 0.3) is 0 Å². The molecular formula is C21H26O3. The molecule has 1 saturated carbocycles. The quantitative estimate of drug-likeness (QED) is 0.828. The lowest BCUT2D eigenvalue weighted by Crippen LogP contribution is -2.08. The van der Waals surface area contributed by atoms with Crippen LogP contribution in [0.5, 0.6) is 5.75 Å². The largest absolute Gasteiger partial charge is 0.507 e. The average Bonchev–Trinajstić information content (AvgIpc) is 2.95. The zero-order valence-electron chi connectivity index (χ0n) is 14.4. The van der Waals surface area contributed by atoms with Gasteiger partial charge in [-0.25, -0.2) is 4.79 Å². The number of rotatable bonds is 3. The smallest absolute Gasteiger partial charge is 0.339 e. The first kappa shape index (κ1) is 15.7. The van der Waals surface area contributed by atoms with Crippen LogP contribution in [-0.2, 0) is 19.3 Å². The Morgan fingerprint density at radius 2 is 1.88 bits per heavy atom. The van der Waals surface area contributed by atoms with Crippen LogP contribution in [0.2, 0.25) is 0 Å². The molecule has 0 amide bonds. The van der Waals surface area contributed by atoms with Crippen LogP contribution < -0.4 is 5.63 Å². The number of aryl methyl sites for hydroxylation is 1. The number of hydrogen-bond donors (Lipinski definition) is 1. The lowest BCUT2D eigenvalue weighted by molar-refractivity contribution is 0.339. The number of fused-ring (bicyclic) bond motifs is 3. The second-order valence-corrected chi connectivity index (χ2v) is 7.89. The van der Waals surface area contributed by atoms with Crippen LogP contribution >= 0.6 is 0 Å². The molecule has 1 unspecified atom stereocenters. The molecule has 0 bridgehead atoms. The van der Waals surface area contributed by atoms with Gasteiger partial charge in [-0.2, -0.15) is 0 Å². The minimum atomic E-state index is -0.217. The normalized spacial score (nSPS) is 21.3. The summed E-state index contributed by atoms with van der Waals surface area (Å²) in [7, 11) is 0. The van der Waals surface area contributed by atoms with Crippen molar-refractivity contribution >= 4 is 11.0 Å². The Morgan fingerprint density at radius 3 is 2.67 bits per heavy atom. The van der Waals surface area contributed by atoms with Crippen molar-refractivity contribution in [3.8, 4) is 5.75 Å². The molecule has 0 aliphatic heterocycles. The molecule has 1 aromatic heterocycles. The van der Waals surface area contributed by atoms with Gasteiger partial charge in [-0.05, 0) is 60.8 Å². The molecule has 2 aliphatic rings. The van der Waals surface area contributed by atoms with Crippen LogP contribution in [-0.4, -0.2) is 5.11 Å². The van der Waals surface area contributed by atoms with Crippen LogP contribution in [0.15, 0.2) is 21.3 Å². The van der Waals surface area contributed by atoms with Crippen molar-refractivity contribution in [1.29, 1.82) is 0 Å². The summed E-state index contributed by atoms with van der Waals surface area (Å²) in [6.45, 7) is 2.14. The molecule has 3 heteroatoms. The molecule has 1 N–H and O–H groups in total. The van der Waals surface area contributed by atoms with E-state index in [4.69, 9.17) is 4.42 Å². The number of aromatic hydroxyl groups is 1. The predicted molar refractivity (Wildman–Crippen MR) is 95.6 cm³/mol. The van der Waals surface area contributed by atoms with E-state index in [0.29, 0.717) is 11.5 Å². The second-order valence-electron chi connectivity index (χ2n) is 7.89. The zero-order chi connectivity index (χ0) is 16.7. The van der Waals surface area contributed by atoms with Crippen molar-refractivity contribution in [2.75, 3.05) is 0 Å². The zero-order valence-corrected chi connectivity index (χ0v) is 14.4. The van der Waals surface area contributed by atoms with E-state index in [1.54, 1.807) is 0 Å². The van der Waals surface area contributed by atoms with E-state index < -0.39 is 0 Å². The Labute approximate surface area is 142 Å². The van der Waals surface area contributed by atoms with Gasteiger partial charge >= 0.3 is 5.63 Å². The molecule has 1 heterocycles. The van der Waals surface area contributed by atoms with Crippen LogP contribution in [0.4, 0.5) is 0 Å². The first-order valence-electron chi connectivity index (χ1n) is 9.42. The molecule has 0 radical (unpaired) electrons. The van der Waals surface area contributed by atoms with Crippen LogP contribution in [0.3, 0.4) is 0 Å². The van der Waals surface area contributed by atoms with Crippen molar-refractivity contribution in [3.05, 3.63) is 39.2 Å². The first-order valence-corrected chi connectivity index (χ1v) is 9.42. The molecule has 2 aliphatic carbocycles. The predicted octanol–water partition coefficient (Wildman–Crippen LogP) is 4.75. The topological polar surface area (TPSA) is 50.4 Å². The summed E-state index contributed by atoms with van der Waals surface area (Å²) in [6, 6.07) is 3.86. The Kier molecular flexibility index (Phi) is 4.11. The summed E-state index contributed by atoms with van der Waals surface area (Å²) in [5.41, 5.74) is 3.20. The molecule has 128 valence electrons. The maximum Gasteiger partial charge on any atom is 0.339 e. The molecule has 1 aromatic carbocycles. The fourth-order valence-electron chi connectivity index (χ4n) is 4.67. The highest BCUT2D eigenvalue weighted by atomic mass is 16.4. The summed E-state index contributed by atoms with van der Waals surface area (Å²) in [4.78, 5) is 12.3. The Balaban J connectivity index is 1.65. The second kappa shape index (κ2) is 6.27. The van der Waals surface area contributed by atoms with Gasteiger partial charge in [0.1, 0.15) is 11.3 Å². The maximum absolute atomic E-state index is 12.3. The van der Waals surface area contributed by atoms with Gasteiger partial charge in [0.05, 0.1) is 5.39 Å². The lowest BCUT2D eigenvalue weighted by Gasteiger charge is -2.21. The van der Waals surface area contributed by atoms with Gasteiger partial charge in [0, 0.05) is 5.56 Å². The molecule has 1 fully saturated rings. The fraction of sp³-hybridized carbons (Fsp3) is 0.571. The Hall–Kier alpha value is -1.77. The van der Waals surface area contributed by atoms with E-state index in [-0.39, 0.29) is 11.4 Å². The molecule has 0 spiro atoms. The van der Waals surface area contributed by atoms with Gasteiger partial charge in [-0.1, -0.05) is 39.0 Å². The Bertz CT molecular complexity index is 812. The fourth-order valence-corrected chi connectivity index (χ4v) is 4.67. The van der Waals surface area contributed by atoms with E-state index in [1.165, 1.54) is 32.1 Å². The molecule has 3 nitrogen and oxygen atoms in total. The number of phenolic OH excluding ortho intramolecular Hbond substituents is 1. The lowest BCUT2D eigenvalue weighted by atomic mass is 9.85. The third kappa shape index (κ3) is 2.85. The summed E-state index contributed by atoms with van der Waals surface area (Å²) >= 11 is 0. The number of phenols is 1. The third-order valence-electron chi connectivity index (χ3n) is 5.93. The van der Waals surface area contributed by atoms with Gasteiger partial charge < -0.3 is 9.52 Å². The van der Waals surface area contributed by atoms with Crippen molar-refractivity contribution < 1.29 is 9.52 Å². The van der Waals surface area contributed by atoms with E-state index in [2.05, 4.69) is 6.92 Å². The summed E-state index contributed by atoms with van der Waals surface area (Å²) < 4.78 is 5.55. The minimum Gasteiger partial charge on any atom is -0.507 e. The highest BCUT2D eigenvalue weighted by Gasteiger charge is 2.26. The van der Waals surface area contributed by atoms with Crippen molar-refractivity contribution in [2.24, 2.45) is 11.8 Å². The highest BCUT2D eigenvalue weighted by Crippen LogP contribution is 2.37. The van der Waals surface area contributed by atoms with Gasteiger partial charge in [0.2, 0.25) is 0 Å². The monoisotopic (exact) mass is 326 g/mol. The van der Waals surface area contributed by atoms with E-state index in [1.807, 2.05) is 12.1 Å². The molecule has 2 aromatic rings. The first-order chi connectivity index (χ1) is 11.6. The van der Waals surface area contributed by atoms with Crippen molar-refractivity contribution in [3.63, 3.8) is 0 Å². The Morgan fingerprint density at radius 1 is 1.12 bits per heavy atom. The standard InChI is InChI=1S/C21H26O3/c1-13-9-16-17(10-13)21(23)24-19-12-15(11-18(22)20(16)19)8-7-14-5-3-2-4-6-14/h11-14,22H,2-10H2,1H3. The van der Waals surface area contributed by atoms with E-state index in [0.717, 1.165) is 53.7 Å². The van der Waals surface area contributed by atoms with E-state index >= 15 is 0 Å². The molecular weight excluding hydrogens is 300 g/mol. The summed E-state index contributed by atoms with van der Waals surface area (Å²) in [5.74, 6) is 1.53. The van der Waals surface area contributed by atoms with Crippen molar-refractivity contribution in [1.82, 2.24) is 0 Å². The molecule has 24 heavy (non-hydrogen) atoms. The van der Waals surface area contributed by atoms with Gasteiger partial charge in [-0.15, -0.1) is 0 Å². The average molecular weight is 326 g/mol. The summed E-state index contributed by atoms with van der Waals surface area (Å²) in [5, 5.41) is 11.3. The minimum absolute atomic E-state index is 0.217. The summed E-state index contributed by atoms with van der Waals surface area (Å²) in [6.07, 6.45) is 10.5. The van der Waals surface area contributed by atoms with Crippen LogP contribution in [0.25, 0.3) is 11.0 Å². The SMILES string of the molecule is CC1Cc2c(c3c(O)cc(CCC4CCCCC4)cc3oc2=O)C1. The number of hydrogen-bond acceptors (Lipinski definition) is 3. The van der Waals surface area contributed by atoms with Crippen LogP contribution in [0, 0.1) is 11.8 Å². The van der Waals surface area contributed by atoms with Gasteiger partial charge in [0.15, 0.2) is 0 Å². The molecule has 1 atom stereocenters. The third-order valence-corrected chi connectivity index (χ3v) is 5.93. The van der Waals surface area contributed by atoms with Crippen molar-refractivity contribution in [2.45, 2.75) is 64.7 Å². The van der Waals surface area contributed by atoms with Crippen LogP contribution in [0.1, 0.15) is 62.1 Å².